The molecule has 8 heteroatoms. The number of hydrogen-bond acceptors (Lipinski definition) is 6. The lowest BCUT2D eigenvalue weighted by molar-refractivity contribution is 0.557. The van der Waals surface area contributed by atoms with Crippen molar-refractivity contribution in [2.75, 3.05) is 6.54 Å². The molecule has 0 fully saturated rings. The molecule has 0 aliphatic heterocycles. The summed E-state index contributed by atoms with van der Waals surface area (Å²) >= 11 is 1.55. The largest absolute Gasteiger partial charge is 0.329 e. The van der Waals surface area contributed by atoms with Crippen LogP contribution in [0.25, 0.3) is 5.69 Å². The summed E-state index contributed by atoms with van der Waals surface area (Å²) in [6.45, 7) is 1.13. The minimum absolute atomic E-state index is 0.515. The number of aromatic nitrogens is 6. The van der Waals surface area contributed by atoms with Crippen LogP contribution >= 0.6 is 11.8 Å². The highest BCUT2D eigenvalue weighted by Crippen LogP contribution is 2.19. The number of para-hydroxylation sites is 1. The smallest absolute Gasteiger partial charge is 0.209 e. The summed E-state index contributed by atoms with van der Waals surface area (Å²) in [5.74, 6) is 0.713. The molecule has 0 saturated carbocycles. The number of hydrogen-bond donors (Lipinski definition) is 1. The van der Waals surface area contributed by atoms with Crippen molar-refractivity contribution in [2.24, 2.45) is 5.73 Å². The first-order valence-corrected chi connectivity index (χ1v) is 7.54. The van der Waals surface area contributed by atoms with Crippen LogP contribution in [-0.2, 0) is 12.3 Å². The topological polar surface area (TPSA) is 87.4 Å². The Morgan fingerprint density at radius 1 is 1.14 bits per heavy atom. The number of tetrazole rings is 1. The Morgan fingerprint density at radius 2 is 2.00 bits per heavy atom. The molecular formula is C13H15N7S. The molecule has 21 heavy (non-hydrogen) atoms. The van der Waals surface area contributed by atoms with Gasteiger partial charge < -0.3 is 5.73 Å². The van der Waals surface area contributed by atoms with Crippen LogP contribution in [0.1, 0.15) is 5.69 Å². The molecule has 0 radical (unpaired) electrons. The van der Waals surface area contributed by atoms with Crippen LogP contribution in [0.4, 0.5) is 0 Å². The molecule has 0 amide bonds. The van der Waals surface area contributed by atoms with Crippen LogP contribution in [0.5, 0.6) is 0 Å². The lowest BCUT2D eigenvalue weighted by Gasteiger charge is -2.01. The van der Waals surface area contributed by atoms with Crippen molar-refractivity contribution in [3.63, 3.8) is 0 Å². The third-order valence-corrected chi connectivity index (χ3v) is 3.84. The van der Waals surface area contributed by atoms with E-state index in [1.54, 1.807) is 16.4 Å². The average Bonchev–Trinajstić information content (AvgIpc) is 3.16. The molecule has 0 aliphatic rings. The van der Waals surface area contributed by atoms with E-state index in [0.717, 1.165) is 16.5 Å². The second-order valence-electron chi connectivity index (χ2n) is 4.35. The number of thioether (sulfide) groups is 1. The van der Waals surface area contributed by atoms with E-state index in [1.165, 1.54) is 0 Å². The van der Waals surface area contributed by atoms with E-state index < -0.39 is 0 Å². The fourth-order valence-electron chi connectivity index (χ4n) is 1.86. The monoisotopic (exact) mass is 301 g/mol. The molecule has 108 valence electrons. The molecule has 2 aromatic heterocycles. The Balaban J connectivity index is 1.66. The Morgan fingerprint density at radius 3 is 2.81 bits per heavy atom. The van der Waals surface area contributed by atoms with E-state index in [0.29, 0.717) is 18.8 Å². The molecule has 0 saturated heterocycles. The number of rotatable bonds is 6. The third-order valence-electron chi connectivity index (χ3n) is 2.85. The van der Waals surface area contributed by atoms with Crippen LogP contribution in [-0.4, -0.2) is 36.5 Å². The van der Waals surface area contributed by atoms with Crippen LogP contribution in [0, 0.1) is 0 Å². The van der Waals surface area contributed by atoms with E-state index in [-0.39, 0.29) is 0 Å². The maximum absolute atomic E-state index is 5.52. The summed E-state index contributed by atoms with van der Waals surface area (Å²) in [7, 11) is 0. The van der Waals surface area contributed by atoms with Gasteiger partial charge in [0, 0.05) is 18.5 Å². The fraction of sp³-hybridized carbons (Fsp3) is 0.231. The normalized spacial score (nSPS) is 10.9. The first-order chi connectivity index (χ1) is 10.4. The van der Waals surface area contributed by atoms with Gasteiger partial charge in [0.15, 0.2) is 0 Å². The molecule has 3 rings (SSSR count). The van der Waals surface area contributed by atoms with E-state index >= 15 is 0 Å². The lowest BCUT2D eigenvalue weighted by Crippen LogP contribution is -2.12. The van der Waals surface area contributed by atoms with Crippen molar-refractivity contribution in [3.8, 4) is 5.69 Å². The third kappa shape index (κ3) is 3.29. The van der Waals surface area contributed by atoms with Gasteiger partial charge in [-0.15, -0.1) is 5.10 Å². The van der Waals surface area contributed by atoms with E-state index in [2.05, 4.69) is 20.6 Å². The second-order valence-corrected chi connectivity index (χ2v) is 5.29. The van der Waals surface area contributed by atoms with Crippen molar-refractivity contribution in [3.05, 3.63) is 48.3 Å². The molecule has 0 spiro atoms. The summed E-state index contributed by atoms with van der Waals surface area (Å²) < 4.78 is 3.57. The van der Waals surface area contributed by atoms with E-state index in [1.807, 2.05) is 47.3 Å². The van der Waals surface area contributed by atoms with Crippen LogP contribution in [0.2, 0.25) is 0 Å². The molecule has 0 bridgehead atoms. The fourth-order valence-corrected chi connectivity index (χ4v) is 2.67. The summed E-state index contributed by atoms with van der Waals surface area (Å²) in [6, 6.07) is 12.0. The highest BCUT2D eigenvalue weighted by Gasteiger charge is 2.08. The Kier molecular flexibility index (Phi) is 4.27. The van der Waals surface area contributed by atoms with Gasteiger partial charge >= 0.3 is 0 Å². The molecule has 0 aliphatic carbocycles. The van der Waals surface area contributed by atoms with Gasteiger partial charge in [0.1, 0.15) is 0 Å². The van der Waals surface area contributed by atoms with Crippen LogP contribution in [0.3, 0.4) is 0 Å². The molecule has 0 atom stereocenters. The Hall–Kier alpha value is -2.19. The van der Waals surface area contributed by atoms with Crippen molar-refractivity contribution < 1.29 is 0 Å². The van der Waals surface area contributed by atoms with Gasteiger partial charge in [0.25, 0.3) is 0 Å². The minimum Gasteiger partial charge on any atom is -0.329 e. The van der Waals surface area contributed by atoms with Crippen molar-refractivity contribution in [1.29, 1.82) is 0 Å². The number of benzene rings is 1. The second kappa shape index (κ2) is 6.51. The van der Waals surface area contributed by atoms with Crippen LogP contribution in [0.15, 0.2) is 47.8 Å². The predicted octanol–water partition coefficient (Wildman–Crippen LogP) is 1.11. The van der Waals surface area contributed by atoms with Gasteiger partial charge in [-0.05, 0) is 28.6 Å². The maximum Gasteiger partial charge on any atom is 0.209 e. The van der Waals surface area contributed by atoms with Crippen molar-refractivity contribution >= 4 is 11.8 Å². The SMILES string of the molecule is NCCn1nnnc1SCc1ccn(-c2ccccc2)n1. The summed E-state index contributed by atoms with van der Waals surface area (Å²) in [4.78, 5) is 0. The van der Waals surface area contributed by atoms with E-state index in [4.69, 9.17) is 5.73 Å². The average molecular weight is 301 g/mol. The van der Waals surface area contributed by atoms with Crippen molar-refractivity contribution in [1.82, 2.24) is 30.0 Å². The minimum atomic E-state index is 0.515. The van der Waals surface area contributed by atoms with Crippen molar-refractivity contribution in [2.45, 2.75) is 17.5 Å². The predicted molar refractivity (Wildman–Crippen MR) is 80.0 cm³/mol. The van der Waals surface area contributed by atoms with Gasteiger partial charge in [-0.2, -0.15) is 5.10 Å². The van der Waals surface area contributed by atoms with E-state index in [9.17, 15) is 0 Å². The van der Waals surface area contributed by atoms with Gasteiger partial charge in [-0.1, -0.05) is 30.0 Å². The summed E-state index contributed by atoms with van der Waals surface area (Å²) in [5.41, 5.74) is 7.54. The molecule has 0 unspecified atom stereocenters. The standard InChI is InChI=1S/C13H15N7S/c14-7-9-20-13(15-17-18-20)21-10-11-6-8-19(16-11)12-4-2-1-3-5-12/h1-6,8H,7,9-10,14H2. The van der Waals surface area contributed by atoms with Gasteiger partial charge in [-0.3, -0.25) is 0 Å². The first-order valence-electron chi connectivity index (χ1n) is 6.56. The maximum atomic E-state index is 5.52. The summed E-state index contributed by atoms with van der Waals surface area (Å²) in [6.07, 6.45) is 1.95. The zero-order valence-corrected chi connectivity index (χ0v) is 12.1. The molecule has 2 heterocycles. The molecule has 7 nitrogen and oxygen atoms in total. The molecule has 1 aromatic carbocycles. The zero-order chi connectivity index (χ0) is 14.5. The number of nitrogens with two attached hydrogens (primary N) is 1. The van der Waals surface area contributed by atoms with Gasteiger partial charge in [-0.25, -0.2) is 9.36 Å². The molecule has 3 aromatic rings. The first kappa shape index (κ1) is 13.8. The highest BCUT2D eigenvalue weighted by atomic mass is 32.2. The zero-order valence-electron chi connectivity index (χ0n) is 11.3. The molecular weight excluding hydrogens is 286 g/mol. The Bertz CT molecular complexity index is 691. The summed E-state index contributed by atoms with van der Waals surface area (Å²) in [5, 5.41) is 16.9. The van der Waals surface area contributed by atoms with Crippen LogP contribution < -0.4 is 5.73 Å². The lowest BCUT2D eigenvalue weighted by atomic mass is 10.3. The van der Waals surface area contributed by atoms with Gasteiger partial charge in [0.2, 0.25) is 5.16 Å². The van der Waals surface area contributed by atoms with Gasteiger partial charge in [0.05, 0.1) is 17.9 Å². The Labute approximate surface area is 126 Å². The number of nitrogens with zero attached hydrogens (tertiary/aromatic N) is 6. The quantitative estimate of drug-likeness (QED) is 0.686. The highest BCUT2D eigenvalue weighted by molar-refractivity contribution is 7.98. The molecule has 2 N–H and O–H groups in total.